The van der Waals surface area contributed by atoms with Gasteiger partial charge in [0.15, 0.2) is 5.79 Å². The molecule has 4 rings (SSSR count). The van der Waals surface area contributed by atoms with Crippen LogP contribution in [0.15, 0.2) is 30.1 Å². The summed E-state index contributed by atoms with van der Waals surface area (Å²) in [5.41, 5.74) is 3.59. The molecule has 174 valence electrons. The molecular weight excluding hydrogens is 428 g/mol. The third-order valence-corrected chi connectivity index (χ3v) is 7.41. The Hall–Kier alpha value is -1.90. The molecule has 4 heterocycles. The molecule has 3 aliphatic heterocycles. The summed E-state index contributed by atoms with van der Waals surface area (Å²) in [6.45, 7) is 1.95. The first-order chi connectivity index (χ1) is 15.4. The van der Waals surface area contributed by atoms with Gasteiger partial charge in [-0.2, -0.15) is 0 Å². The van der Waals surface area contributed by atoms with Crippen molar-refractivity contribution in [3.63, 3.8) is 0 Å². The van der Waals surface area contributed by atoms with Gasteiger partial charge >= 0.3 is 5.97 Å². The van der Waals surface area contributed by atoms with Gasteiger partial charge in [-0.05, 0) is 69.1 Å². The predicted molar refractivity (Wildman–Crippen MR) is 122 cm³/mol. The van der Waals surface area contributed by atoms with E-state index in [4.69, 9.17) is 9.47 Å². The molecule has 8 heteroatoms. The number of rotatable bonds is 1. The van der Waals surface area contributed by atoms with Crippen LogP contribution in [-0.2, 0) is 27.1 Å². The summed E-state index contributed by atoms with van der Waals surface area (Å²) in [5, 5.41) is 13.9. The number of aryl methyl sites for hydroxylation is 2. The van der Waals surface area contributed by atoms with E-state index in [2.05, 4.69) is 16.4 Å². The number of esters is 1. The van der Waals surface area contributed by atoms with Gasteiger partial charge in [0, 0.05) is 37.1 Å². The van der Waals surface area contributed by atoms with E-state index in [1.807, 2.05) is 19.3 Å². The van der Waals surface area contributed by atoms with Gasteiger partial charge < -0.3 is 19.9 Å². The van der Waals surface area contributed by atoms with Gasteiger partial charge in [0.25, 0.3) is 5.24 Å². The monoisotopic (exact) mass is 460 g/mol. The lowest BCUT2D eigenvalue weighted by Crippen LogP contribution is -2.58. The number of hydrogen-bond donors (Lipinski definition) is 2. The van der Waals surface area contributed by atoms with Crippen LogP contribution in [0.25, 0.3) is 0 Å². The maximum atomic E-state index is 12.5. The number of pyridine rings is 1. The number of aromatic nitrogens is 1. The van der Waals surface area contributed by atoms with Crippen LogP contribution in [0.1, 0.15) is 63.0 Å². The number of amides is 1. The van der Waals surface area contributed by atoms with Crippen LogP contribution in [0.3, 0.4) is 0 Å². The molecule has 2 bridgehead atoms. The lowest BCUT2D eigenvalue weighted by Gasteiger charge is -2.43. The summed E-state index contributed by atoms with van der Waals surface area (Å²) >= 11 is 1.14. The maximum Gasteiger partial charge on any atom is 0.330 e. The number of hydrogen-bond acceptors (Lipinski definition) is 7. The summed E-state index contributed by atoms with van der Waals surface area (Å²) in [7, 11) is 0. The number of ether oxygens (including phenoxy) is 2. The van der Waals surface area contributed by atoms with Crippen molar-refractivity contribution >= 4 is 23.0 Å². The van der Waals surface area contributed by atoms with E-state index in [0.29, 0.717) is 12.2 Å². The maximum absolute atomic E-state index is 12.5. The van der Waals surface area contributed by atoms with Crippen molar-refractivity contribution in [2.45, 2.75) is 88.7 Å². The van der Waals surface area contributed by atoms with E-state index >= 15 is 0 Å². The Labute approximate surface area is 193 Å². The Morgan fingerprint density at radius 2 is 1.97 bits per heavy atom. The number of carbonyl (C=O) groups is 2. The zero-order valence-electron chi connectivity index (χ0n) is 18.5. The van der Waals surface area contributed by atoms with E-state index in [1.165, 1.54) is 11.1 Å². The number of carbonyl (C=O) groups excluding carboxylic acids is 2. The molecule has 1 aromatic rings. The molecule has 2 fully saturated rings. The molecule has 0 saturated carbocycles. The van der Waals surface area contributed by atoms with Crippen molar-refractivity contribution in [2.75, 3.05) is 5.75 Å². The predicted octanol–water partition coefficient (Wildman–Crippen LogP) is 3.68. The normalized spacial score (nSPS) is 34.1. The first-order valence-corrected chi connectivity index (χ1v) is 12.5. The topological polar surface area (TPSA) is 97.8 Å². The van der Waals surface area contributed by atoms with Gasteiger partial charge in [-0.15, -0.1) is 0 Å². The Morgan fingerprint density at radius 3 is 2.78 bits per heavy atom. The standard InChI is InChI=1S/C24H32N2O5S/c1-16-5-2-3-6-18-14-25-10-9-17(18)7-4-8-19-12-20(30-22(27)11-16)13-24(29,31-19)21-15-32-23(28)26-21/h9-11,14,19-21,29H,2-8,12-13,15H2,1H3,(H,26,28)/b16-11+/t19-,20-,21+,24-/m1/s1. The van der Waals surface area contributed by atoms with Crippen molar-refractivity contribution in [1.29, 1.82) is 0 Å². The van der Waals surface area contributed by atoms with Gasteiger partial charge in [-0.25, -0.2) is 4.79 Å². The molecule has 32 heavy (non-hydrogen) atoms. The Kier molecular flexibility index (Phi) is 7.53. The smallest absolute Gasteiger partial charge is 0.330 e. The molecule has 2 saturated heterocycles. The van der Waals surface area contributed by atoms with Crippen molar-refractivity contribution in [3.05, 3.63) is 41.2 Å². The highest BCUT2D eigenvalue weighted by atomic mass is 32.2. The fourth-order valence-corrected chi connectivity index (χ4v) is 5.73. The highest BCUT2D eigenvalue weighted by molar-refractivity contribution is 8.14. The SMILES string of the molecule is C/C1=C\C(=O)O[C@@H]2C[C@@H](CCCc3ccncc3CCCC1)O[C@@](O)([C@@H]1CSC(=O)N1)C2. The molecule has 0 aliphatic carbocycles. The Bertz CT molecular complexity index is 876. The molecule has 0 spiro atoms. The minimum atomic E-state index is -1.54. The number of nitrogens with zero attached hydrogens (tertiary/aromatic N) is 1. The van der Waals surface area contributed by atoms with E-state index in [9.17, 15) is 14.7 Å². The molecule has 4 atom stereocenters. The van der Waals surface area contributed by atoms with Crippen molar-refractivity contribution in [3.8, 4) is 0 Å². The second-order valence-corrected chi connectivity index (χ2v) is 10.1. The van der Waals surface area contributed by atoms with E-state index in [-0.39, 0.29) is 23.7 Å². The summed E-state index contributed by atoms with van der Waals surface area (Å²) in [6, 6.07) is 1.58. The van der Waals surface area contributed by atoms with Crippen LogP contribution in [0, 0.1) is 0 Å². The highest BCUT2D eigenvalue weighted by Gasteiger charge is 2.49. The summed E-state index contributed by atoms with van der Waals surface area (Å²) in [4.78, 5) is 28.6. The molecule has 0 unspecified atom stereocenters. The molecule has 1 amide bonds. The largest absolute Gasteiger partial charge is 0.459 e. The average molecular weight is 461 g/mol. The van der Waals surface area contributed by atoms with Crippen LogP contribution in [0.4, 0.5) is 4.79 Å². The van der Waals surface area contributed by atoms with E-state index in [0.717, 1.165) is 62.3 Å². The summed E-state index contributed by atoms with van der Waals surface area (Å²) in [5.74, 6) is -1.48. The van der Waals surface area contributed by atoms with Gasteiger partial charge in [0.2, 0.25) is 0 Å². The quantitative estimate of drug-likeness (QED) is 0.617. The molecular formula is C24H32N2O5S. The molecule has 7 nitrogen and oxygen atoms in total. The first kappa shape index (κ1) is 23.3. The van der Waals surface area contributed by atoms with Crippen LogP contribution >= 0.6 is 11.8 Å². The molecule has 2 N–H and O–H groups in total. The minimum absolute atomic E-state index is 0.155. The highest BCUT2D eigenvalue weighted by Crippen LogP contribution is 2.36. The number of nitrogens with one attached hydrogen (secondary N) is 1. The summed E-state index contributed by atoms with van der Waals surface area (Å²) in [6.07, 6.45) is 11.8. The fraction of sp³-hybridized carbons (Fsp3) is 0.625. The van der Waals surface area contributed by atoms with Gasteiger partial charge in [-0.3, -0.25) is 9.78 Å². The lowest BCUT2D eigenvalue weighted by atomic mass is 9.90. The van der Waals surface area contributed by atoms with Crippen molar-refractivity contribution < 1.29 is 24.2 Å². The Morgan fingerprint density at radius 1 is 1.16 bits per heavy atom. The first-order valence-electron chi connectivity index (χ1n) is 11.5. The third-order valence-electron chi connectivity index (χ3n) is 6.53. The van der Waals surface area contributed by atoms with Crippen LogP contribution in [0.5, 0.6) is 0 Å². The van der Waals surface area contributed by atoms with E-state index < -0.39 is 17.9 Å². The fourth-order valence-electron chi connectivity index (χ4n) is 4.84. The number of aliphatic hydroxyl groups is 1. The average Bonchev–Trinajstić information content (AvgIpc) is 3.18. The molecule has 0 radical (unpaired) electrons. The van der Waals surface area contributed by atoms with Crippen molar-refractivity contribution in [1.82, 2.24) is 10.3 Å². The molecule has 1 aromatic heterocycles. The number of fused-ring (bicyclic) bond motifs is 3. The molecule has 3 aliphatic rings. The minimum Gasteiger partial charge on any atom is -0.459 e. The van der Waals surface area contributed by atoms with Crippen molar-refractivity contribution in [2.24, 2.45) is 0 Å². The van der Waals surface area contributed by atoms with Gasteiger partial charge in [-0.1, -0.05) is 17.3 Å². The lowest BCUT2D eigenvalue weighted by molar-refractivity contribution is -0.283. The van der Waals surface area contributed by atoms with Crippen LogP contribution < -0.4 is 5.32 Å². The van der Waals surface area contributed by atoms with Gasteiger partial charge in [0.05, 0.1) is 12.1 Å². The second kappa shape index (κ2) is 10.4. The molecule has 0 aromatic carbocycles. The Balaban J connectivity index is 1.54. The number of allylic oxidation sites excluding steroid dienone is 1. The van der Waals surface area contributed by atoms with E-state index in [1.54, 1.807) is 6.08 Å². The summed E-state index contributed by atoms with van der Waals surface area (Å²) < 4.78 is 11.9. The zero-order valence-corrected chi connectivity index (χ0v) is 19.4. The number of thioether (sulfide) groups is 1. The second-order valence-electron chi connectivity index (χ2n) is 9.11. The third kappa shape index (κ3) is 5.91. The van der Waals surface area contributed by atoms with Gasteiger partial charge in [0.1, 0.15) is 6.10 Å². The zero-order chi connectivity index (χ0) is 22.6. The van der Waals surface area contributed by atoms with Crippen LogP contribution in [0.2, 0.25) is 0 Å². The van der Waals surface area contributed by atoms with Crippen LogP contribution in [-0.4, -0.2) is 51.1 Å².